The number of H-pyrrole nitrogens is 1. The minimum atomic E-state index is -0.709. The Bertz CT molecular complexity index is 468. The molecule has 0 bridgehead atoms. The topological polar surface area (TPSA) is 117 Å². The average Bonchev–Trinajstić information content (AvgIpc) is 2.78. The fourth-order valence-electron chi connectivity index (χ4n) is 1.29. The monoisotopic (exact) mass is 254 g/mol. The van der Waals surface area contributed by atoms with Gasteiger partial charge in [0.1, 0.15) is 11.7 Å². The van der Waals surface area contributed by atoms with Crippen molar-refractivity contribution in [2.45, 2.75) is 19.9 Å². The maximum Gasteiger partial charge on any atom is 0.287 e. The third kappa shape index (κ3) is 3.30. The number of carbonyl (C=O) groups excluding carboxylic acids is 2. The van der Waals surface area contributed by atoms with E-state index >= 15 is 0 Å². The summed E-state index contributed by atoms with van der Waals surface area (Å²) in [6.45, 7) is 3.76. The van der Waals surface area contributed by atoms with E-state index in [0.29, 0.717) is 6.54 Å². The number of rotatable bonds is 5. The first-order chi connectivity index (χ1) is 8.45. The molecular formula is C10H14N4O4. The van der Waals surface area contributed by atoms with Crippen molar-refractivity contribution in [3.63, 3.8) is 0 Å². The highest BCUT2D eigenvalue weighted by atomic mass is 16.6. The zero-order valence-electron chi connectivity index (χ0n) is 10.0. The first kappa shape index (κ1) is 13.7. The van der Waals surface area contributed by atoms with E-state index in [0.717, 1.165) is 12.3 Å². The molecule has 0 fully saturated rings. The van der Waals surface area contributed by atoms with Crippen LogP contribution in [0.1, 0.15) is 24.3 Å². The van der Waals surface area contributed by atoms with Crippen molar-refractivity contribution in [2.24, 2.45) is 0 Å². The molecule has 18 heavy (non-hydrogen) atoms. The normalized spacial score (nSPS) is 11.7. The smallest absolute Gasteiger partial charge is 0.287 e. The summed E-state index contributed by atoms with van der Waals surface area (Å²) in [4.78, 5) is 35.3. The Labute approximate surface area is 103 Å². The van der Waals surface area contributed by atoms with Gasteiger partial charge in [-0.15, -0.1) is 0 Å². The van der Waals surface area contributed by atoms with Gasteiger partial charge in [-0.2, -0.15) is 0 Å². The van der Waals surface area contributed by atoms with Gasteiger partial charge in [0.25, 0.3) is 11.6 Å². The van der Waals surface area contributed by atoms with E-state index in [1.165, 1.54) is 6.92 Å². The molecular weight excluding hydrogens is 240 g/mol. The molecule has 0 radical (unpaired) electrons. The van der Waals surface area contributed by atoms with Crippen molar-refractivity contribution < 1.29 is 14.5 Å². The number of aromatic amines is 1. The first-order valence-electron chi connectivity index (χ1n) is 5.37. The molecule has 0 aliphatic rings. The number of nitrogens with zero attached hydrogens (tertiary/aromatic N) is 1. The van der Waals surface area contributed by atoms with Crippen molar-refractivity contribution in [3.8, 4) is 0 Å². The molecule has 0 spiro atoms. The molecule has 8 nitrogen and oxygen atoms in total. The molecule has 0 saturated carbocycles. The molecule has 1 rings (SSSR count). The average molecular weight is 254 g/mol. The summed E-state index contributed by atoms with van der Waals surface area (Å²) in [6, 6.07) is 0.402. The van der Waals surface area contributed by atoms with E-state index in [1.54, 1.807) is 6.92 Å². The summed E-state index contributed by atoms with van der Waals surface area (Å²) < 4.78 is 0. The number of hydrogen-bond donors (Lipinski definition) is 3. The summed E-state index contributed by atoms with van der Waals surface area (Å²) in [5, 5.41) is 15.4. The van der Waals surface area contributed by atoms with Crippen LogP contribution in [0.15, 0.2) is 12.3 Å². The van der Waals surface area contributed by atoms with Gasteiger partial charge in [0.15, 0.2) is 0 Å². The van der Waals surface area contributed by atoms with Gasteiger partial charge >= 0.3 is 0 Å². The second kappa shape index (κ2) is 5.80. The number of nitrogens with one attached hydrogen (secondary N) is 3. The molecule has 0 saturated heterocycles. The Kier molecular flexibility index (Phi) is 4.41. The van der Waals surface area contributed by atoms with Crippen molar-refractivity contribution in [1.82, 2.24) is 15.6 Å². The summed E-state index contributed by atoms with van der Waals surface area (Å²) in [5.41, 5.74) is -0.163. The van der Waals surface area contributed by atoms with Gasteiger partial charge in [-0.25, -0.2) is 0 Å². The van der Waals surface area contributed by atoms with Crippen LogP contribution in [0.4, 0.5) is 5.69 Å². The Morgan fingerprint density at radius 2 is 2.22 bits per heavy atom. The van der Waals surface area contributed by atoms with Gasteiger partial charge in [0.05, 0.1) is 11.1 Å². The molecule has 1 heterocycles. The van der Waals surface area contributed by atoms with Crippen molar-refractivity contribution in [2.75, 3.05) is 6.54 Å². The molecule has 1 aromatic heterocycles. The van der Waals surface area contributed by atoms with Crippen LogP contribution in [0.3, 0.4) is 0 Å². The van der Waals surface area contributed by atoms with E-state index in [2.05, 4.69) is 15.6 Å². The van der Waals surface area contributed by atoms with Crippen LogP contribution in [0, 0.1) is 10.1 Å². The number of nitro groups is 1. The van der Waals surface area contributed by atoms with Gasteiger partial charge in [0.2, 0.25) is 5.91 Å². The van der Waals surface area contributed by atoms with Crippen LogP contribution in [0.2, 0.25) is 0 Å². The van der Waals surface area contributed by atoms with Crippen LogP contribution in [-0.4, -0.2) is 34.3 Å². The lowest BCUT2D eigenvalue weighted by molar-refractivity contribution is -0.384. The van der Waals surface area contributed by atoms with Gasteiger partial charge in [-0.1, -0.05) is 0 Å². The lowest BCUT2D eigenvalue weighted by atomic mass is 10.3. The fourth-order valence-corrected chi connectivity index (χ4v) is 1.29. The number of carbonyl (C=O) groups is 2. The fraction of sp³-hybridized carbons (Fsp3) is 0.400. The number of likely N-dealkylation sites (N-methyl/N-ethyl adjacent to an activating group) is 1. The van der Waals surface area contributed by atoms with Crippen LogP contribution in [0.25, 0.3) is 0 Å². The molecule has 1 unspecified atom stereocenters. The maximum absolute atomic E-state index is 11.7. The highest BCUT2D eigenvalue weighted by molar-refractivity contribution is 5.96. The second-order valence-electron chi connectivity index (χ2n) is 3.62. The zero-order chi connectivity index (χ0) is 13.7. The second-order valence-corrected chi connectivity index (χ2v) is 3.62. The molecule has 0 aliphatic carbocycles. The minimum Gasteiger partial charge on any atom is -0.355 e. The molecule has 8 heteroatoms. The van der Waals surface area contributed by atoms with E-state index in [-0.39, 0.29) is 17.3 Å². The van der Waals surface area contributed by atoms with Gasteiger partial charge in [0, 0.05) is 12.6 Å². The lowest BCUT2D eigenvalue weighted by Gasteiger charge is -2.12. The van der Waals surface area contributed by atoms with Crippen LogP contribution in [0.5, 0.6) is 0 Å². The summed E-state index contributed by atoms with van der Waals surface area (Å²) in [6.07, 6.45) is 1.12. The Hall–Kier alpha value is -2.38. The SMILES string of the molecule is CCNC(=O)C(C)NC(=O)c1cc([N+](=O)[O-])c[nH]1. The van der Waals surface area contributed by atoms with Crippen LogP contribution < -0.4 is 10.6 Å². The van der Waals surface area contributed by atoms with E-state index in [4.69, 9.17) is 0 Å². The molecule has 98 valence electrons. The molecule has 2 amide bonds. The lowest BCUT2D eigenvalue weighted by Crippen LogP contribution is -2.44. The Balaban J connectivity index is 2.64. The quantitative estimate of drug-likeness (QED) is 0.513. The van der Waals surface area contributed by atoms with Crippen LogP contribution in [-0.2, 0) is 4.79 Å². The molecule has 1 aromatic rings. The highest BCUT2D eigenvalue weighted by Crippen LogP contribution is 2.11. The summed E-state index contributed by atoms with van der Waals surface area (Å²) >= 11 is 0. The maximum atomic E-state index is 11.7. The number of amides is 2. The Morgan fingerprint density at radius 3 is 2.72 bits per heavy atom. The van der Waals surface area contributed by atoms with E-state index in [9.17, 15) is 19.7 Å². The zero-order valence-corrected chi connectivity index (χ0v) is 10.0. The minimum absolute atomic E-state index is 0.0397. The summed E-state index contributed by atoms with van der Waals surface area (Å²) in [5.74, 6) is -0.881. The van der Waals surface area contributed by atoms with Crippen molar-refractivity contribution in [3.05, 3.63) is 28.1 Å². The Morgan fingerprint density at radius 1 is 1.56 bits per heavy atom. The molecule has 0 aliphatic heterocycles. The van der Waals surface area contributed by atoms with Crippen molar-refractivity contribution >= 4 is 17.5 Å². The molecule has 0 aromatic carbocycles. The predicted molar refractivity (Wildman–Crippen MR) is 63.1 cm³/mol. The largest absolute Gasteiger partial charge is 0.355 e. The highest BCUT2D eigenvalue weighted by Gasteiger charge is 2.19. The van der Waals surface area contributed by atoms with Crippen LogP contribution >= 0.6 is 0 Å². The van der Waals surface area contributed by atoms with Gasteiger partial charge < -0.3 is 15.6 Å². The number of hydrogen-bond acceptors (Lipinski definition) is 4. The third-order valence-electron chi connectivity index (χ3n) is 2.22. The summed E-state index contributed by atoms with van der Waals surface area (Å²) in [7, 11) is 0. The third-order valence-corrected chi connectivity index (χ3v) is 2.22. The van der Waals surface area contributed by atoms with Crippen molar-refractivity contribution in [1.29, 1.82) is 0 Å². The van der Waals surface area contributed by atoms with Gasteiger partial charge in [-0.3, -0.25) is 19.7 Å². The molecule has 3 N–H and O–H groups in total. The predicted octanol–water partition coefficient (Wildman–Crippen LogP) is 0.177. The standard InChI is InChI=1S/C10H14N4O4/c1-3-11-9(15)6(2)13-10(16)8-4-7(5-12-8)14(17)18/h4-6,12H,3H2,1-2H3,(H,11,15)(H,13,16). The first-order valence-corrected chi connectivity index (χ1v) is 5.37. The number of aromatic nitrogens is 1. The van der Waals surface area contributed by atoms with Gasteiger partial charge in [-0.05, 0) is 13.8 Å². The van der Waals surface area contributed by atoms with E-state index in [1.807, 2.05) is 0 Å². The van der Waals surface area contributed by atoms with E-state index < -0.39 is 16.9 Å². The molecule has 1 atom stereocenters.